The molecule has 1 fully saturated rings. The van der Waals surface area contributed by atoms with Crippen molar-refractivity contribution in [2.45, 2.75) is 250 Å². The van der Waals surface area contributed by atoms with Crippen LogP contribution in [0.3, 0.4) is 0 Å². The molecule has 0 saturated carbocycles. The highest BCUT2D eigenvalue weighted by Crippen LogP contribution is 2.23. The van der Waals surface area contributed by atoms with Crippen molar-refractivity contribution < 1.29 is 44.2 Å². The molecule has 9 heteroatoms. The van der Waals surface area contributed by atoms with Crippen LogP contribution in [0.4, 0.5) is 0 Å². The van der Waals surface area contributed by atoms with E-state index in [1.54, 1.807) is 0 Å². The van der Waals surface area contributed by atoms with Crippen molar-refractivity contribution in [1.29, 1.82) is 0 Å². The molecule has 1 heterocycles. The van der Waals surface area contributed by atoms with Crippen LogP contribution in [0.25, 0.3) is 0 Å². The Morgan fingerprint density at radius 2 is 1.00 bits per heavy atom. The van der Waals surface area contributed by atoms with Gasteiger partial charge in [0.25, 0.3) is 0 Å². The smallest absolute Gasteiger partial charge is 0.306 e. The Labute approximate surface area is 337 Å². The van der Waals surface area contributed by atoms with Gasteiger partial charge in [0.05, 0.1) is 19.8 Å². The van der Waals surface area contributed by atoms with E-state index in [0.717, 1.165) is 32.1 Å². The van der Waals surface area contributed by atoms with Crippen molar-refractivity contribution in [2.75, 3.05) is 26.4 Å². The average Bonchev–Trinajstić information content (AvgIpc) is 3.18. The van der Waals surface area contributed by atoms with Crippen LogP contribution in [0.15, 0.2) is 12.2 Å². The zero-order valence-corrected chi connectivity index (χ0v) is 35.7. The Morgan fingerprint density at radius 3 is 1.47 bits per heavy atom. The maximum atomic E-state index is 12.6. The summed E-state index contributed by atoms with van der Waals surface area (Å²) in [4.78, 5) is 12.6. The van der Waals surface area contributed by atoms with Gasteiger partial charge in [-0.15, -0.1) is 0 Å². The summed E-state index contributed by atoms with van der Waals surface area (Å²) in [6, 6.07) is 0. The molecule has 9 nitrogen and oxygen atoms in total. The molecule has 0 aliphatic carbocycles. The summed E-state index contributed by atoms with van der Waals surface area (Å²) in [5.74, 6) is -0.320. The minimum absolute atomic E-state index is 0.109. The lowest BCUT2D eigenvalue weighted by atomic mass is 9.99. The van der Waals surface area contributed by atoms with Crippen LogP contribution < -0.4 is 0 Å². The van der Waals surface area contributed by atoms with Crippen LogP contribution in [-0.2, 0) is 23.7 Å². The minimum Gasteiger partial charge on any atom is -0.457 e. The molecule has 6 atom stereocenters. The van der Waals surface area contributed by atoms with E-state index < -0.39 is 43.4 Å². The molecule has 0 aromatic heterocycles. The number of rotatable bonds is 40. The molecule has 0 aromatic carbocycles. The zero-order valence-electron chi connectivity index (χ0n) is 35.7. The van der Waals surface area contributed by atoms with Crippen LogP contribution in [0.1, 0.15) is 213 Å². The van der Waals surface area contributed by atoms with E-state index in [1.807, 2.05) is 0 Å². The first-order valence-corrected chi connectivity index (χ1v) is 23.3. The number of aliphatic hydroxyl groups is 4. The van der Waals surface area contributed by atoms with Gasteiger partial charge in [0, 0.05) is 13.0 Å². The topological polar surface area (TPSA) is 135 Å². The van der Waals surface area contributed by atoms with Crippen LogP contribution in [0.5, 0.6) is 0 Å². The number of esters is 1. The number of carbonyl (C=O) groups excluding carboxylic acids is 1. The number of hydrogen-bond donors (Lipinski definition) is 4. The zero-order chi connectivity index (χ0) is 40.0. The highest BCUT2D eigenvalue weighted by molar-refractivity contribution is 5.69. The van der Waals surface area contributed by atoms with E-state index in [-0.39, 0.29) is 19.2 Å². The Kier molecular flexibility index (Phi) is 36.3. The largest absolute Gasteiger partial charge is 0.457 e. The van der Waals surface area contributed by atoms with E-state index in [1.165, 1.54) is 161 Å². The number of hydrogen-bond acceptors (Lipinski definition) is 9. The number of ether oxygens (including phenoxy) is 4. The third-order valence-electron chi connectivity index (χ3n) is 10.9. The molecule has 1 saturated heterocycles. The fourth-order valence-corrected chi connectivity index (χ4v) is 7.25. The van der Waals surface area contributed by atoms with Gasteiger partial charge in [-0.2, -0.15) is 0 Å². The molecule has 0 aromatic rings. The van der Waals surface area contributed by atoms with Gasteiger partial charge in [-0.3, -0.25) is 4.79 Å². The highest BCUT2D eigenvalue weighted by Gasteiger charge is 2.44. The highest BCUT2D eigenvalue weighted by atomic mass is 16.7. The second-order valence-corrected chi connectivity index (χ2v) is 16.2. The minimum atomic E-state index is -1.53. The van der Waals surface area contributed by atoms with Crippen molar-refractivity contribution in [2.24, 2.45) is 0 Å². The second-order valence-electron chi connectivity index (χ2n) is 16.2. The third-order valence-corrected chi connectivity index (χ3v) is 10.9. The molecule has 326 valence electrons. The molecule has 1 rings (SSSR count). The Morgan fingerprint density at radius 1 is 0.564 bits per heavy atom. The number of allylic oxidation sites excluding steroid dienone is 2. The molecule has 0 spiro atoms. The van der Waals surface area contributed by atoms with Crippen molar-refractivity contribution >= 4 is 5.97 Å². The maximum absolute atomic E-state index is 12.6. The summed E-state index contributed by atoms with van der Waals surface area (Å²) in [6.07, 6.45) is 35.8. The molecule has 0 radical (unpaired) electrons. The summed E-state index contributed by atoms with van der Waals surface area (Å²) in [6.45, 7) is 4.52. The van der Waals surface area contributed by atoms with E-state index in [2.05, 4.69) is 26.0 Å². The number of carbonyl (C=O) groups is 1. The lowest BCUT2D eigenvalue weighted by Crippen LogP contribution is -2.59. The summed E-state index contributed by atoms with van der Waals surface area (Å²) >= 11 is 0. The van der Waals surface area contributed by atoms with Crippen molar-refractivity contribution in [1.82, 2.24) is 0 Å². The van der Waals surface area contributed by atoms with Crippen LogP contribution >= 0.6 is 0 Å². The first-order chi connectivity index (χ1) is 26.9. The maximum Gasteiger partial charge on any atom is 0.306 e. The molecule has 1 aliphatic heterocycles. The van der Waals surface area contributed by atoms with Crippen LogP contribution in [-0.4, -0.2) is 89.6 Å². The van der Waals surface area contributed by atoms with Crippen molar-refractivity contribution in [3.8, 4) is 0 Å². The fraction of sp³-hybridized carbons (Fsp3) is 0.935. The summed E-state index contributed by atoms with van der Waals surface area (Å²) < 4.78 is 22.7. The van der Waals surface area contributed by atoms with Gasteiger partial charge < -0.3 is 39.4 Å². The summed E-state index contributed by atoms with van der Waals surface area (Å²) in [5.41, 5.74) is 0. The van der Waals surface area contributed by atoms with Gasteiger partial charge in [-0.05, 0) is 38.5 Å². The van der Waals surface area contributed by atoms with Crippen molar-refractivity contribution in [3.05, 3.63) is 12.2 Å². The van der Waals surface area contributed by atoms with E-state index in [4.69, 9.17) is 18.9 Å². The molecule has 1 aliphatic rings. The van der Waals surface area contributed by atoms with E-state index >= 15 is 0 Å². The number of unbranched alkanes of at least 4 members (excludes halogenated alkanes) is 27. The quantitative estimate of drug-likeness (QED) is 0.0272. The predicted octanol–water partition coefficient (Wildman–Crippen LogP) is 10.4. The van der Waals surface area contributed by atoms with Gasteiger partial charge in [-0.1, -0.05) is 180 Å². The molecular weight excluding hydrogens is 696 g/mol. The fourth-order valence-electron chi connectivity index (χ4n) is 7.25. The molecular formula is C46H88O9. The van der Waals surface area contributed by atoms with E-state index in [9.17, 15) is 25.2 Å². The monoisotopic (exact) mass is 785 g/mol. The van der Waals surface area contributed by atoms with Gasteiger partial charge in [0.1, 0.15) is 30.5 Å². The normalized spacial score (nSPS) is 20.7. The summed E-state index contributed by atoms with van der Waals surface area (Å²) in [5, 5.41) is 39.9. The lowest BCUT2D eigenvalue weighted by molar-refractivity contribution is -0.305. The van der Waals surface area contributed by atoms with Gasteiger partial charge >= 0.3 is 5.97 Å². The van der Waals surface area contributed by atoms with Gasteiger partial charge in [-0.25, -0.2) is 0 Å². The Bertz CT molecular complexity index is 853. The van der Waals surface area contributed by atoms with Crippen LogP contribution in [0, 0.1) is 0 Å². The second kappa shape index (κ2) is 38.4. The van der Waals surface area contributed by atoms with E-state index in [0.29, 0.717) is 13.0 Å². The summed E-state index contributed by atoms with van der Waals surface area (Å²) in [7, 11) is 0. The lowest BCUT2D eigenvalue weighted by Gasteiger charge is -2.39. The van der Waals surface area contributed by atoms with Crippen molar-refractivity contribution in [3.63, 3.8) is 0 Å². The number of aliphatic hydroxyl groups excluding tert-OH is 4. The Hall–Kier alpha value is -1.07. The molecule has 0 bridgehead atoms. The first kappa shape index (κ1) is 51.9. The first-order valence-electron chi connectivity index (χ1n) is 23.3. The van der Waals surface area contributed by atoms with Gasteiger partial charge in [0.15, 0.2) is 6.29 Å². The average molecular weight is 785 g/mol. The predicted molar refractivity (Wildman–Crippen MR) is 224 cm³/mol. The van der Waals surface area contributed by atoms with Gasteiger partial charge in [0.2, 0.25) is 0 Å². The molecule has 6 unspecified atom stereocenters. The SMILES string of the molecule is CCCCCCCCCC/C=C\CCCCCCCCCCCCCCCCOCC(COC1OC(CO)C(O)C(O)C1O)OC(=O)CCCCCCCC. The molecule has 55 heavy (non-hydrogen) atoms. The van der Waals surface area contributed by atoms with Crippen LogP contribution in [0.2, 0.25) is 0 Å². The molecule has 4 N–H and O–H groups in total. The molecule has 0 amide bonds. The Balaban J connectivity index is 2.06. The third kappa shape index (κ3) is 29.8. The standard InChI is InChI=1S/C46H88O9/c1-3-5-7-9-11-12-13-14-15-16-17-18-19-20-21-22-23-24-25-26-27-28-29-30-32-34-36-52-38-40(54-42(48)35-33-31-10-8-6-4-2)39-53-46-45(51)44(50)43(49)41(37-47)55-46/h16-17,40-41,43-47,49-51H,3-15,18-39H2,1-2H3/b17-16-.